The molecule has 2 amide bonds. The number of terminal acetylenes is 1. The number of carbonyl (C=O) groups is 2. The highest BCUT2D eigenvalue weighted by Crippen LogP contribution is 2.40. The predicted octanol–water partition coefficient (Wildman–Crippen LogP) is 3.23. The molecule has 8 nitrogen and oxygen atoms in total. The van der Waals surface area contributed by atoms with Crippen LogP contribution in [0.25, 0.3) is 0 Å². The van der Waals surface area contributed by atoms with Crippen LogP contribution in [0, 0.1) is 18.3 Å². The van der Waals surface area contributed by atoms with E-state index in [1.165, 1.54) is 11.3 Å². The molecule has 3 rings (SSSR count). The monoisotopic (exact) mass is 459 g/mol. The Morgan fingerprint density at radius 3 is 2.62 bits per heavy atom. The summed E-state index contributed by atoms with van der Waals surface area (Å²) < 4.78 is 0. The second-order valence-electron chi connectivity index (χ2n) is 9.03. The first-order valence-electron chi connectivity index (χ1n) is 11.4. The fourth-order valence-electron chi connectivity index (χ4n) is 3.82. The molecule has 1 aliphatic heterocycles. The number of aromatic nitrogens is 1. The summed E-state index contributed by atoms with van der Waals surface area (Å²) >= 11 is 1.46. The number of hydrogen-bond donors (Lipinski definition) is 2. The van der Waals surface area contributed by atoms with E-state index in [4.69, 9.17) is 6.42 Å². The minimum absolute atomic E-state index is 0.141. The van der Waals surface area contributed by atoms with Gasteiger partial charge < -0.3 is 15.3 Å². The predicted molar refractivity (Wildman–Crippen MR) is 123 cm³/mol. The molecule has 0 spiro atoms. The summed E-state index contributed by atoms with van der Waals surface area (Å²) in [5, 5.41) is 21.8. The molecule has 1 aliphatic carbocycles. The number of hydrogen-bond acceptors (Lipinski definition) is 7. The molecule has 0 aromatic carbocycles. The molecule has 1 aromatic heterocycles. The summed E-state index contributed by atoms with van der Waals surface area (Å²) in [6.07, 6.45) is 10.3. The molecule has 2 N–H and O–H groups in total. The highest BCUT2D eigenvalue weighted by molar-refractivity contribution is 7.11. The molecule has 0 saturated heterocycles. The van der Waals surface area contributed by atoms with Gasteiger partial charge in [-0.3, -0.25) is 9.59 Å². The lowest BCUT2D eigenvalue weighted by atomic mass is 9.86. The van der Waals surface area contributed by atoms with Gasteiger partial charge in [-0.25, -0.2) is 4.98 Å². The minimum atomic E-state index is -0.807. The van der Waals surface area contributed by atoms with Crippen LogP contribution in [-0.2, 0) is 16.0 Å². The van der Waals surface area contributed by atoms with Crippen LogP contribution in [0.5, 0.6) is 0 Å². The van der Waals surface area contributed by atoms with Gasteiger partial charge in [0.05, 0.1) is 6.10 Å². The number of aryl methyl sites for hydroxylation is 1. The Balaban J connectivity index is 1.82. The van der Waals surface area contributed by atoms with Crippen molar-refractivity contribution in [3.63, 3.8) is 0 Å². The Labute approximate surface area is 193 Å². The fourth-order valence-corrected chi connectivity index (χ4v) is 4.78. The van der Waals surface area contributed by atoms with Crippen LogP contribution in [0.4, 0.5) is 0 Å². The number of nitrogens with zero attached hydrogens (tertiary/aromatic N) is 4. The van der Waals surface area contributed by atoms with Gasteiger partial charge in [-0.15, -0.1) is 23.7 Å². The second kappa shape index (κ2) is 10.5. The summed E-state index contributed by atoms with van der Waals surface area (Å²) in [5.41, 5.74) is -0.557. The Kier molecular flexibility index (Phi) is 8.01. The van der Waals surface area contributed by atoms with E-state index in [0.29, 0.717) is 43.7 Å². The third-order valence-electron chi connectivity index (χ3n) is 5.93. The van der Waals surface area contributed by atoms with E-state index in [0.717, 1.165) is 11.3 Å². The zero-order valence-corrected chi connectivity index (χ0v) is 19.9. The maximum absolute atomic E-state index is 13.5. The van der Waals surface area contributed by atoms with Crippen molar-refractivity contribution in [2.45, 2.75) is 89.6 Å². The molecular weight excluding hydrogens is 426 g/mol. The molecule has 0 bridgehead atoms. The minimum Gasteiger partial charge on any atom is -0.393 e. The van der Waals surface area contributed by atoms with Gasteiger partial charge in [0.15, 0.2) is 11.7 Å². The fraction of sp³-hybridized carbons (Fsp3) is 0.696. The van der Waals surface area contributed by atoms with Crippen molar-refractivity contribution in [1.82, 2.24) is 15.2 Å². The molecule has 1 saturated carbocycles. The largest absolute Gasteiger partial charge is 0.393 e. The van der Waals surface area contributed by atoms with Crippen LogP contribution in [0.2, 0.25) is 0 Å². The zero-order valence-electron chi connectivity index (χ0n) is 19.1. The maximum atomic E-state index is 13.5. The van der Waals surface area contributed by atoms with Gasteiger partial charge in [0.2, 0.25) is 11.8 Å². The number of thiazole rings is 1. The molecule has 1 unspecified atom stereocenters. The molecule has 2 heterocycles. The van der Waals surface area contributed by atoms with Crippen molar-refractivity contribution in [2.24, 2.45) is 16.1 Å². The van der Waals surface area contributed by atoms with Gasteiger partial charge in [-0.2, -0.15) is 10.2 Å². The highest BCUT2D eigenvalue weighted by atomic mass is 32.1. The van der Waals surface area contributed by atoms with E-state index in [1.807, 2.05) is 20.8 Å². The Bertz CT molecular complexity index is 878. The van der Waals surface area contributed by atoms with Crippen molar-refractivity contribution in [2.75, 3.05) is 6.54 Å². The second-order valence-corrected chi connectivity index (χ2v) is 10.2. The van der Waals surface area contributed by atoms with Crippen molar-refractivity contribution < 1.29 is 14.7 Å². The number of carbonyl (C=O) groups excluding carboxylic acids is 2. The van der Waals surface area contributed by atoms with Crippen molar-refractivity contribution in [3.05, 3.63) is 16.1 Å². The van der Waals surface area contributed by atoms with E-state index < -0.39 is 17.8 Å². The first-order valence-corrected chi connectivity index (χ1v) is 12.2. The third-order valence-corrected chi connectivity index (χ3v) is 7.12. The lowest BCUT2D eigenvalue weighted by Gasteiger charge is -2.43. The van der Waals surface area contributed by atoms with Crippen LogP contribution in [0.1, 0.15) is 75.2 Å². The molecule has 1 fully saturated rings. The Morgan fingerprint density at radius 2 is 2.09 bits per heavy atom. The Morgan fingerprint density at radius 1 is 1.38 bits per heavy atom. The SMILES string of the molecule is C#CCCC1(CCC(=O)N(C2CC(O)C2)C(C(=O)NCC(C)C)c2ncc(CC)s2)N=N1. The van der Waals surface area contributed by atoms with Gasteiger partial charge >= 0.3 is 0 Å². The van der Waals surface area contributed by atoms with E-state index in [9.17, 15) is 14.7 Å². The molecular formula is C23H33N5O3S. The van der Waals surface area contributed by atoms with Crippen molar-refractivity contribution >= 4 is 23.2 Å². The smallest absolute Gasteiger partial charge is 0.249 e. The van der Waals surface area contributed by atoms with Gasteiger partial charge in [-0.1, -0.05) is 20.8 Å². The molecule has 32 heavy (non-hydrogen) atoms. The average molecular weight is 460 g/mol. The van der Waals surface area contributed by atoms with Crippen molar-refractivity contribution in [1.29, 1.82) is 0 Å². The summed E-state index contributed by atoms with van der Waals surface area (Å²) in [6.45, 7) is 6.60. The Hall–Kier alpha value is -2.31. The topological polar surface area (TPSA) is 107 Å². The molecule has 9 heteroatoms. The van der Waals surface area contributed by atoms with Gasteiger partial charge in [0, 0.05) is 49.3 Å². The number of amides is 2. The lowest BCUT2D eigenvalue weighted by molar-refractivity contribution is -0.149. The number of aliphatic hydroxyl groups excluding tert-OH is 1. The molecule has 0 radical (unpaired) electrons. The maximum Gasteiger partial charge on any atom is 0.249 e. The van der Waals surface area contributed by atoms with Crippen molar-refractivity contribution in [3.8, 4) is 12.3 Å². The highest BCUT2D eigenvalue weighted by Gasteiger charge is 2.45. The van der Waals surface area contributed by atoms with Crippen LogP contribution in [0.3, 0.4) is 0 Å². The summed E-state index contributed by atoms with van der Waals surface area (Å²) in [7, 11) is 0. The molecule has 174 valence electrons. The van der Waals surface area contributed by atoms with E-state index in [-0.39, 0.29) is 30.2 Å². The van der Waals surface area contributed by atoms with Gasteiger partial charge in [0.1, 0.15) is 5.01 Å². The van der Waals surface area contributed by atoms with E-state index in [1.54, 1.807) is 11.1 Å². The quantitative estimate of drug-likeness (QED) is 0.468. The van der Waals surface area contributed by atoms with E-state index >= 15 is 0 Å². The van der Waals surface area contributed by atoms with Crippen LogP contribution in [0.15, 0.2) is 16.4 Å². The normalized spacial score (nSPS) is 21.5. The number of aliphatic hydroxyl groups is 1. The summed E-state index contributed by atoms with van der Waals surface area (Å²) in [5.74, 6) is 2.51. The lowest BCUT2D eigenvalue weighted by Crippen LogP contribution is -2.54. The van der Waals surface area contributed by atoms with Crippen LogP contribution >= 0.6 is 11.3 Å². The first kappa shape index (κ1) is 24.3. The third kappa shape index (κ3) is 5.93. The number of rotatable bonds is 12. The first-order chi connectivity index (χ1) is 15.3. The molecule has 2 aliphatic rings. The standard InChI is InChI=1S/C23H33N5O3S/c1-5-7-9-23(26-27-23)10-8-19(30)28(16-11-17(29)12-16)20(21(31)24-13-15(3)4)22-25-14-18(6-2)32-22/h1,14-17,20,29H,6-13H2,2-4H3,(H,24,31). The van der Waals surface area contributed by atoms with Crippen LogP contribution in [-0.4, -0.2) is 51.2 Å². The average Bonchev–Trinajstić information content (AvgIpc) is 3.36. The zero-order chi connectivity index (χ0) is 23.3. The number of nitrogens with one attached hydrogen (secondary N) is 1. The van der Waals surface area contributed by atoms with Gasteiger partial charge in [-0.05, 0) is 25.2 Å². The van der Waals surface area contributed by atoms with Crippen LogP contribution < -0.4 is 5.32 Å². The summed E-state index contributed by atoms with van der Waals surface area (Å²) in [4.78, 5) is 34.0. The summed E-state index contributed by atoms with van der Waals surface area (Å²) in [6, 6.07) is -1.00. The van der Waals surface area contributed by atoms with Gasteiger partial charge in [0.25, 0.3) is 0 Å². The molecule has 1 aromatic rings. The molecule has 1 atom stereocenters. The van der Waals surface area contributed by atoms with E-state index in [2.05, 4.69) is 26.4 Å².